The molecule has 1 aromatic heterocycles. The van der Waals surface area contributed by atoms with Gasteiger partial charge in [0.25, 0.3) is 11.6 Å². The number of benzene rings is 2. The highest BCUT2D eigenvalue weighted by atomic mass is 35.5. The van der Waals surface area contributed by atoms with E-state index in [0.29, 0.717) is 17.1 Å². The lowest BCUT2D eigenvalue weighted by atomic mass is 10.2. The van der Waals surface area contributed by atoms with Gasteiger partial charge < -0.3 is 9.30 Å². The summed E-state index contributed by atoms with van der Waals surface area (Å²) in [4.78, 5) is 27.9. The van der Waals surface area contributed by atoms with E-state index in [1.165, 1.54) is 29.5 Å². The third-order valence-corrected chi connectivity index (χ3v) is 5.19. The monoisotopic (exact) mass is 405 g/mol. The Kier molecular flexibility index (Phi) is 5.57. The van der Waals surface area contributed by atoms with Gasteiger partial charge in [0.1, 0.15) is 16.8 Å². The van der Waals surface area contributed by atoms with Crippen LogP contribution in [0, 0.1) is 10.1 Å². The number of halogens is 1. The van der Waals surface area contributed by atoms with Crippen molar-refractivity contribution in [3.63, 3.8) is 0 Å². The molecule has 0 radical (unpaired) electrons. The van der Waals surface area contributed by atoms with Crippen LogP contribution in [0.2, 0.25) is 5.02 Å². The van der Waals surface area contributed by atoms with Crippen LogP contribution in [-0.2, 0) is 6.54 Å². The Morgan fingerprint density at radius 2 is 2.15 bits per heavy atom. The Labute approximate surface area is 163 Å². The maximum absolute atomic E-state index is 12.7. The van der Waals surface area contributed by atoms with Crippen LogP contribution in [-0.4, -0.2) is 22.5 Å². The first-order valence-electron chi connectivity index (χ1n) is 8.15. The fraction of sp³-hybridized carbons (Fsp3) is 0.222. The van der Waals surface area contributed by atoms with Gasteiger partial charge in [0, 0.05) is 17.6 Å². The van der Waals surface area contributed by atoms with Crippen molar-refractivity contribution in [3.8, 4) is 5.75 Å². The molecular weight excluding hydrogens is 390 g/mol. The van der Waals surface area contributed by atoms with Crippen molar-refractivity contribution in [1.82, 2.24) is 4.57 Å². The van der Waals surface area contributed by atoms with Crippen LogP contribution in [0.4, 0.5) is 5.69 Å². The van der Waals surface area contributed by atoms with Crippen molar-refractivity contribution in [2.75, 3.05) is 7.11 Å². The van der Waals surface area contributed by atoms with E-state index >= 15 is 0 Å². The molecule has 0 aliphatic rings. The Hall–Kier alpha value is -2.71. The van der Waals surface area contributed by atoms with Gasteiger partial charge in [-0.05, 0) is 30.7 Å². The molecule has 2 aromatic carbocycles. The van der Waals surface area contributed by atoms with Crippen LogP contribution in [0.5, 0.6) is 5.75 Å². The molecule has 0 atom stereocenters. The van der Waals surface area contributed by atoms with Gasteiger partial charge >= 0.3 is 0 Å². The number of nitrogens with zero attached hydrogens (tertiary/aromatic N) is 3. The molecule has 0 N–H and O–H groups in total. The van der Waals surface area contributed by atoms with Crippen molar-refractivity contribution in [1.29, 1.82) is 0 Å². The molecule has 0 spiro atoms. The molecular formula is C18H16ClN3O4S. The molecule has 140 valence electrons. The molecule has 3 aromatic rings. The Morgan fingerprint density at radius 1 is 1.37 bits per heavy atom. The molecule has 0 aliphatic heterocycles. The number of nitro benzene ring substituents is 1. The van der Waals surface area contributed by atoms with Gasteiger partial charge in [0.15, 0.2) is 4.80 Å². The summed E-state index contributed by atoms with van der Waals surface area (Å²) in [6.07, 6.45) is 0.822. The van der Waals surface area contributed by atoms with E-state index in [1.54, 1.807) is 7.11 Å². The second-order valence-corrected chi connectivity index (χ2v) is 7.12. The van der Waals surface area contributed by atoms with Crippen molar-refractivity contribution in [2.24, 2.45) is 4.99 Å². The summed E-state index contributed by atoms with van der Waals surface area (Å²) < 4.78 is 8.24. The van der Waals surface area contributed by atoms with Crippen LogP contribution >= 0.6 is 22.9 Å². The third-order valence-electron chi connectivity index (χ3n) is 3.91. The lowest BCUT2D eigenvalue weighted by Crippen LogP contribution is -2.17. The number of thiazole rings is 1. The Bertz CT molecular complexity index is 1100. The zero-order valence-corrected chi connectivity index (χ0v) is 16.2. The van der Waals surface area contributed by atoms with Crippen LogP contribution in [0.25, 0.3) is 10.2 Å². The molecule has 0 saturated carbocycles. The van der Waals surface area contributed by atoms with Crippen LogP contribution in [0.3, 0.4) is 0 Å². The lowest BCUT2D eigenvalue weighted by molar-refractivity contribution is -0.385. The first-order chi connectivity index (χ1) is 13.0. The van der Waals surface area contributed by atoms with Crippen molar-refractivity contribution >= 4 is 44.7 Å². The maximum Gasteiger partial charge on any atom is 0.286 e. The molecule has 0 bridgehead atoms. The molecule has 1 heterocycles. The predicted molar refractivity (Wildman–Crippen MR) is 105 cm³/mol. The highest BCUT2D eigenvalue weighted by Gasteiger charge is 2.21. The minimum Gasteiger partial charge on any atom is -0.495 e. The van der Waals surface area contributed by atoms with E-state index in [1.807, 2.05) is 29.7 Å². The zero-order valence-electron chi connectivity index (χ0n) is 14.6. The fourth-order valence-corrected chi connectivity index (χ4v) is 4.01. The number of nitro groups is 1. The summed E-state index contributed by atoms with van der Waals surface area (Å²) in [6, 6.07) is 9.47. The average molecular weight is 406 g/mol. The summed E-state index contributed by atoms with van der Waals surface area (Å²) in [5.74, 6) is -0.0283. The first-order valence-corrected chi connectivity index (χ1v) is 9.35. The number of carbonyl (C=O) groups is 1. The Balaban J connectivity index is 2.22. The topological polar surface area (TPSA) is 86.7 Å². The number of hydrogen-bond donors (Lipinski definition) is 0. The molecule has 0 saturated heterocycles. The third kappa shape index (κ3) is 3.72. The van der Waals surface area contributed by atoms with Crippen LogP contribution in [0.1, 0.15) is 23.7 Å². The van der Waals surface area contributed by atoms with E-state index < -0.39 is 10.8 Å². The number of hydrogen-bond acceptors (Lipinski definition) is 5. The number of rotatable bonds is 5. The highest BCUT2D eigenvalue weighted by Crippen LogP contribution is 2.28. The smallest absolute Gasteiger partial charge is 0.286 e. The largest absolute Gasteiger partial charge is 0.495 e. The highest BCUT2D eigenvalue weighted by molar-refractivity contribution is 7.16. The molecule has 7 nitrogen and oxygen atoms in total. The minimum absolute atomic E-state index is 0.139. The van der Waals surface area contributed by atoms with Crippen molar-refractivity contribution in [2.45, 2.75) is 19.9 Å². The number of carbonyl (C=O) groups excluding carboxylic acids is 1. The van der Waals surface area contributed by atoms with Crippen molar-refractivity contribution < 1.29 is 14.5 Å². The maximum atomic E-state index is 12.7. The number of aromatic nitrogens is 1. The van der Waals surface area contributed by atoms with Gasteiger partial charge in [-0.15, -0.1) is 0 Å². The summed E-state index contributed by atoms with van der Waals surface area (Å²) in [7, 11) is 1.58. The van der Waals surface area contributed by atoms with Crippen LogP contribution in [0.15, 0.2) is 41.4 Å². The molecule has 0 aliphatic carbocycles. The number of aryl methyl sites for hydroxylation is 1. The van der Waals surface area contributed by atoms with Gasteiger partial charge in [0.05, 0.1) is 16.7 Å². The molecule has 1 amide bonds. The molecule has 9 heteroatoms. The predicted octanol–water partition coefficient (Wildman–Crippen LogP) is 4.42. The van der Waals surface area contributed by atoms with Gasteiger partial charge in [-0.25, -0.2) is 0 Å². The average Bonchev–Trinajstić information content (AvgIpc) is 2.99. The number of amides is 1. The van der Waals surface area contributed by atoms with Gasteiger partial charge in [-0.3, -0.25) is 14.9 Å². The van der Waals surface area contributed by atoms with Crippen molar-refractivity contribution in [3.05, 3.63) is 61.9 Å². The summed E-state index contributed by atoms with van der Waals surface area (Å²) in [5.41, 5.74) is 0.382. The fourth-order valence-electron chi connectivity index (χ4n) is 2.76. The van der Waals surface area contributed by atoms with Crippen LogP contribution < -0.4 is 9.54 Å². The van der Waals surface area contributed by atoms with E-state index in [0.717, 1.165) is 16.6 Å². The normalized spacial score (nSPS) is 11.7. The summed E-state index contributed by atoms with van der Waals surface area (Å²) in [6.45, 7) is 2.64. The number of fused-ring (bicyclic) bond motifs is 1. The van der Waals surface area contributed by atoms with E-state index in [4.69, 9.17) is 16.3 Å². The SMILES string of the molecule is CCCn1c(=NC(=O)c2cc(Cl)ccc2[N+](=O)[O-])sc2cccc(OC)c21. The lowest BCUT2D eigenvalue weighted by Gasteiger charge is -2.07. The number of para-hydroxylation sites is 1. The van der Waals surface area contributed by atoms with Gasteiger partial charge in [-0.2, -0.15) is 4.99 Å². The van der Waals surface area contributed by atoms with E-state index in [9.17, 15) is 14.9 Å². The minimum atomic E-state index is -0.709. The second kappa shape index (κ2) is 7.89. The number of ether oxygens (including phenoxy) is 1. The summed E-state index contributed by atoms with van der Waals surface area (Å²) >= 11 is 7.25. The second-order valence-electron chi connectivity index (χ2n) is 5.68. The summed E-state index contributed by atoms with van der Waals surface area (Å²) in [5, 5.41) is 11.5. The zero-order chi connectivity index (χ0) is 19.6. The van der Waals surface area contributed by atoms with E-state index in [-0.39, 0.29) is 16.3 Å². The molecule has 27 heavy (non-hydrogen) atoms. The molecule has 0 fully saturated rings. The van der Waals surface area contributed by atoms with Gasteiger partial charge in [-0.1, -0.05) is 35.9 Å². The number of methoxy groups -OCH3 is 1. The standard InChI is InChI=1S/C18H16ClN3O4S/c1-3-9-21-16-14(26-2)5-4-6-15(16)27-18(21)20-17(23)12-10-11(19)7-8-13(12)22(24)25/h4-8,10H,3,9H2,1-2H3. The quantitative estimate of drug-likeness (QED) is 0.464. The molecule has 0 unspecified atom stereocenters. The first kappa shape index (κ1) is 19.1. The van der Waals surface area contributed by atoms with Gasteiger partial charge in [0.2, 0.25) is 0 Å². The Morgan fingerprint density at radius 3 is 2.81 bits per heavy atom. The molecule has 3 rings (SSSR count). The van der Waals surface area contributed by atoms with E-state index in [2.05, 4.69) is 4.99 Å².